The molecule has 1 aromatic heterocycles. The van der Waals surface area contributed by atoms with Gasteiger partial charge in [-0.05, 0) is 19.9 Å². The lowest BCUT2D eigenvalue weighted by Gasteiger charge is -2.39. The van der Waals surface area contributed by atoms with Crippen LogP contribution < -0.4 is 16.0 Å². The Bertz CT molecular complexity index is 475. The molecule has 0 spiro atoms. The summed E-state index contributed by atoms with van der Waals surface area (Å²) < 4.78 is 0. The number of nitrogens with two attached hydrogens (primary N) is 1. The Morgan fingerprint density at radius 1 is 1.56 bits per heavy atom. The molecule has 0 bridgehead atoms. The molecule has 1 aliphatic heterocycles. The molecule has 0 radical (unpaired) electrons. The van der Waals surface area contributed by atoms with Gasteiger partial charge in [0.25, 0.3) is 0 Å². The summed E-state index contributed by atoms with van der Waals surface area (Å²) >= 11 is 0. The quantitative estimate of drug-likeness (QED) is 0.595. The molecule has 1 saturated heterocycles. The van der Waals surface area contributed by atoms with Crippen molar-refractivity contribution in [2.45, 2.75) is 19.4 Å². The maximum Gasteiger partial charge on any atom is 0.311 e. The van der Waals surface area contributed by atoms with Gasteiger partial charge in [-0.15, -0.1) is 0 Å². The molecule has 0 aliphatic carbocycles. The number of nitrogens with zero attached hydrogens (tertiary/aromatic N) is 3. The van der Waals surface area contributed by atoms with Crippen molar-refractivity contribution in [3.63, 3.8) is 0 Å². The van der Waals surface area contributed by atoms with Crippen LogP contribution in [0.1, 0.15) is 13.8 Å². The van der Waals surface area contributed by atoms with E-state index in [0.717, 1.165) is 19.6 Å². The lowest BCUT2D eigenvalue weighted by atomic mass is 10.0. The fourth-order valence-electron chi connectivity index (χ4n) is 2.12. The van der Waals surface area contributed by atoms with E-state index in [9.17, 15) is 10.1 Å². The second-order valence-corrected chi connectivity index (χ2v) is 5.06. The molecule has 0 unspecified atom stereocenters. The molecule has 3 N–H and O–H groups in total. The van der Waals surface area contributed by atoms with Crippen molar-refractivity contribution < 1.29 is 4.92 Å². The SMILES string of the molecule is CC1(C)CN(c2ccc([N+](=O)[O-])c(N)n2)CCN1. The van der Waals surface area contributed by atoms with E-state index in [4.69, 9.17) is 5.73 Å². The molecule has 18 heavy (non-hydrogen) atoms. The molecule has 0 saturated carbocycles. The molecule has 7 heteroatoms. The van der Waals surface area contributed by atoms with Gasteiger partial charge in [0, 0.05) is 31.2 Å². The molecular weight excluding hydrogens is 234 g/mol. The monoisotopic (exact) mass is 251 g/mol. The summed E-state index contributed by atoms with van der Waals surface area (Å²) in [6.45, 7) is 6.66. The summed E-state index contributed by atoms with van der Waals surface area (Å²) in [6.07, 6.45) is 0. The van der Waals surface area contributed by atoms with Crippen LogP contribution in [0.25, 0.3) is 0 Å². The molecule has 1 aromatic rings. The van der Waals surface area contributed by atoms with Gasteiger partial charge in [0.2, 0.25) is 5.82 Å². The number of pyridine rings is 1. The standard InChI is InChI=1S/C11H17N5O2/c1-11(2)7-15(6-5-13-11)9-4-3-8(16(17)18)10(12)14-9/h3-4,13H,5-7H2,1-2H3,(H2,12,14). The van der Waals surface area contributed by atoms with Gasteiger partial charge in [-0.2, -0.15) is 0 Å². The molecule has 7 nitrogen and oxygen atoms in total. The summed E-state index contributed by atoms with van der Waals surface area (Å²) in [5.41, 5.74) is 5.45. The highest BCUT2D eigenvalue weighted by molar-refractivity contribution is 5.58. The Hall–Kier alpha value is -1.89. The second-order valence-electron chi connectivity index (χ2n) is 5.06. The predicted molar refractivity (Wildman–Crippen MR) is 69.6 cm³/mol. The number of hydrogen-bond acceptors (Lipinski definition) is 6. The number of anilines is 2. The van der Waals surface area contributed by atoms with Crippen LogP contribution >= 0.6 is 0 Å². The molecule has 2 heterocycles. The van der Waals surface area contributed by atoms with Gasteiger partial charge in [-0.1, -0.05) is 0 Å². The Kier molecular flexibility index (Phi) is 3.08. The van der Waals surface area contributed by atoms with Crippen LogP contribution in [0.4, 0.5) is 17.3 Å². The van der Waals surface area contributed by atoms with Gasteiger partial charge in [-0.25, -0.2) is 4.98 Å². The van der Waals surface area contributed by atoms with E-state index in [2.05, 4.69) is 29.0 Å². The smallest absolute Gasteiger partial charge is 0.311 e. The fraction of sp³-hybridized carbons (Fsp3) is 0.545. The van der Waals surface area contributed by atoms with Gasteiger partial charge in [-0.3, -0.25) is 10.1 Å². The molecule has 0 atom stereocenters. The summed E-state index contributed by atoms with van der Waals surface area (Å²) in [4.78, 5) is 16.4. The van der Waals surface area contributed by atoms with Crippen molar-refractivity contribution in [1.29, 1.82) is 0 Å². The number of piperazine rings is 1. The van der Waals surface area contributed by atoms with Gasteiger partial charge < -0.3 is 16.0 Å². The first-order chi connectivity index (χ1) is 8.39. The van der Waals surface area contributed by atoms with Crippen LogP contribution in [0.15, 0.2) is 12.1 Å². The Labute approximate surface area is 105 Å². The summed E-state index contributed by atoms with van der Waals surface area (Å²) in [6, 6.07) is 3.06. The largest absolute Gasteiger partial charge is 0.378 e. The Morgan fingerprint density at radius 2 is 2.28 bits per heavy atom. The summed E-state index contributed by atoms with van der Waals surface area (Å²) in [5.74, 6) is 0.654. The zero-order chi connectivity index (χ0) is 13.3. The number of aromatic nitrogens is 1. The van der Waals surface area contributed by atoms with Crippen LogP contribution in [-0.4, -0.2) is 35.1 Å². The maximum absolute atomic E-state index is 10.7. The van der Waals surface area contributed by atoms with Gasteiger partial charge >= 0.3 is 5.69 Å². The Morgan fingerprint density at radius 3 is 2.83 bits per heavy atom. The highest BCUT2D eigenvalue weighted by atomic mass is 16.6. The third kappa shape index (κ3) is 2.51. The molecule has 2 rings (SSSR count). The third-order valence-electron chi connectivity index (χ3n) is 2.98. The third-order valence-corrected chi connectivity index (χ3v) is 2.98. The van der Waals surface area contributed by atoms with E-state index >= 15 is 0 Å². The average molecular weight is 251 g/mol. The van der Waals surface area contributed by atoms with Gasteiger partial charge in [0.15, 0.2) is 0 Å². The van der Waals surface area contributed by atoms with E-state index in [1.165, 1.54) is 6.07 Å². The molecule has 0 aromatic carbocycles. The maximum atomic E-state index is 10.7. The molecule has 1 fully saturated rings. The van der Waals surface area contributed by atoms with Crippen molar-refractivity contribution in [2.75, 3.05) is 30.3 Å². The van der Waals surface area contributed by atoms with Crippen LogP contribution in [0.3, 0.4) is 0 Å². The van der Waals surface area contributed by atoms with Gasteiger partial charge in [0.05, 0.1) is 4.92 Å². The van der Waals surface area contributed by atoms with Crippen LogP contribution in [0.5, 0.6) is 0 Å². The van der Waals surface area contributed by atoms with E-state index in [-0.39, 0.29) is 17.0 Å². The summed E-state index contributed by atoms with van der Waals surface area (Å²) in [5, 5.41) is 14.1. The average Bonchev–Trinajstić information content (AvgIpc) is 2.27. The van der Waals surface area contributed by atoms with E-state index < -0.39 is 4.92 Å². The van der Waals surface area contributed by atoms with E-state index in [1.54, 1.807) is 6.07 Å². The first kappa shape index (κ1) is 12.6. The Balaban J connectivity index is 2.24. The van der Waals surface area contributed by atoms with Crippen molar-refractivity contribution >= 4 is 17.3 Å². The molecule has 1 aliphatic rings. The zero-order valence-electron chi connectivity index (χ0n) is 10.5. The normalized spacial score (nSPS) is 18.7. The van der Waals surface area contributed by atoms with E-state index in [0.29, 0.717) is 5.82 Å². The minimum absolute atomic E-state index is 0.00351. The highest BCUT2D eigenvalue weighted by Crippen LogP contribution is 2.24. The minimum atomic E-state index is -0.520. The van der Waals surface area contributed by atoms with E-state index in [1.807, 2.05) is 0 Å². The number of rotatable bonds is 2. The van der Waals surface area contributed by atoms with Crippen LogP contribution in [-0.2, 0) is 0 Å². The van der Waals surface area contributed by atoms with Crippen molar-refractivity contribution in [3.8, 4) is 0 Å². The fourth-order valence-corrected chi connectivity index (χ4v) is 2.12. The lowest BCUT2D eigenvalue weighted by Crippen LogP contribution is -2.57. The lowest BCUT2D eigenvalue weighted by molar-refractivity contribution is -0.384. The minimum Gasteiger partial charge on any atom is -0.378 e. The van der Waals surface area contributed by atoms with Gasteiger partial charge in [0.1, 0.15) is 5.82 Å². The number of hydrogen-bond donors (Lipinski definition) is 2. The highest BCUT2D eigenvalue weighted by Gasteiger charge is 2.27. The molecular formula is C11H17N5O2. The number of nitrogens with one attached hydrogen (secondary N) is 1. The van der Waals surface area contributed by atoms with Crippen LogP contribution in [0, 0.1) is 10.1 Å². The van der Waals surface area contributed by atoms with Crippen molar-refractivity contribution in [3.05, 3.63) is 22.2 Å². The first-order valence-electron chi connectivity index (χ1n) is 5.80. The molecule has 98 valence electrons. The summed E-state index contributed by atoms with van der Waals surface area (Å²) in [7, 11) is 0. The first-order valence-corrected chi connectivity index (χ1v) is 5.80. The van der Waals surface area contributed by atoms with Crippen molar-refractivity contribution in [2.24, 2.45) is 0 Å². The topological polar surface area (TPSA) is 97.3 Å². The molecule has 0 amide bonds. The second kappa shape index (κ2) is 4.41. The zero-order valence-corrected chi connectivity index (χ0v) is 10.5. The number of nitro groups is 1. The number of nitrogen functional groups attached to an aromatic ring is 1. The van der Waals surface area contributed by atoms with Crippen LogP contribution in [0.2, 0.25) is 0 Å². The predicted octanol–water partition coefficient (Wildman–Crippen LogP) is 0.760. The van der Waals surface area contributed by atoms with Crippen molar-refractivity contribution in [1.82, 2.24) is 10.3 Å².